The molecule has 4 nitrogen and oxygen atoms in total. The van der Waals surface area contributed by atoms with Crippen LogP contribution in [0.4, 0.5) is 0 Å². The van der Waals surface area contributed by atoms with Crippen molar-refractivity contribution in [3.8, 4) is 11.7 Å². The summed E-state index contributed by atoms with van der Waals surface area (Å²) in [6.07, 6.45) is 3.49. The van der Waals surface area contributed by atoms with Crippen LogP contribution in [0.2, 0.25) is 0 Å². The van der Waals surface area contributed by atoms with Crippen molar-refractivity contribution in [3.05, 3.63) is 34.8 Å². The first-order valence-corrected chi connectivity index (χ1v) is 5.22. The van der Waals surface area contributed by atoms with Crippen LogP contribution in [0.1, 0.15) is 5.69 Å². The maximum absolute atomic E-state index is 5.20. The molecule has 0 aliphatic rings. The lowest BCUT2D eigenvalue weighted by Gasteiger charge is -2.06. The molecule has 5 heteroatoms. The van der Waals surface area contributed by atoms with Gasteiger partial charge in [0.2, 0.25) is 0 Å². The lowest BCUT2D eigenvalue weighted by Crippen LogP contribution is -1.98. The number of hydrogen-bond donors (Lipinski definition) is 0. The zero-order valence-electron chi connectivity index (χ0n) is 8.44. The fourth-order valence-electron chi connectivity index (χ4n) is 1.33. The Labute approximate surface area is 96.1 Å². The number of aromatic nitrogens is 3. The van der Waals surface area contributed by atoms with Crippen molar-refractivity contribution >= 4 is 15.9 Å². The second kappa shape index (κ2) is 4.02. The second-order valence-corrected chi connectivity index (χ2v) is 3.77. The summed E-state index contributed by atoms with van der Waals surface area (Å²) < 4.78 is 7.94. The summed E-state index contributed by atoms with van der Waals surface area (Å²) in [4.78, 5) is 8.33. The van der Waals surface area contributed by atoms with Crippen LogP contribution in [0.15, 0.2) is 29.1 Å². The van der Waals surface area contributed by atoms with Gasteiger partial charge in [0, 0.05) is 6.20 Å². The minimum atomic E-state index is 0.548. The van der Waals surface area contributed by atoms with Crippen molar-refractivity contribution in [2.24, 2.45) is 0 Å². The molecule has 0 fully saturated rings. The molecule has 0 saturated carbocycles. The van der Waals surface area contributed by atoms with Crippen molar-refractivity contribution in [1.82, 2.24) is 14.5 Å². The first kappa shape index (κ1) is 10.2. The van der Waals surface area contributed by atoms with Gasteiger partial charge in [0.05, 0.1) is 24.7 Å². The number of ether oxygens (including phenoxy) is 1. The monoisotopic (exact) mass is 267 g/mol. The third-order valence-electron chi connectivity index (χ3n) is 2.04. The summed E-state index contributed by atoms with van der Waals surface area (Å²) in [5, 5.41) is 0. The van der Waals surface area contributed by atoms with Crippen LogP contribution in [0.3, 0.4) is 0 Å². The predicted molar refractivity (Wildman–Crippen MR) is 60.3 cm³/mol. The Morgan fingerprint density at radius 1 is 1.47 bits per heavy atom. The molecule has 0 amide bonds. The number of rotatable bonds is 2. The molecule has 0 aliphatic heterocycles. The quantitative estimate of drug-likeness (QED) is 0.839. The van der Waals surface area contributed by atoms with E-state index in [1.807, 2.05) is 23.6 Å². The lowest BCUT2D eigenvalue weighted by atomic mass is 10.4. The summed E-state index contributed by atoms with van der Waals surface area (Å²) in [6, 6.07) is 4.37. The van der Waals surface area contributed by atoms with Crippen LogP contribution in [0, 0.1) is 6.92 Å². The first-order chi connectivity index (χ1) is 7.24. The SMILES string of the molecule is COc1nc(C)c(Br)n1-c1cccnc1. The average Bonchev–Trinajstić information content (AvgIpc) is 2.56. The maximum atomic E-state index is 5.20. The molecule has 0 N–H and O–H groups in total. The van der Waals surface area contributed by atoms with Gasteiger partial charge in [0.15, 0.2) is 0 Å². The summed E-state index contributed by atoms with van der Waals surface area (Å²) in [5.74, 6) is 0. The standard InChI is InChI=1S/C10H10BrN3O/c1-7-9(11)14(10(13-7)15-2)8-4-3-5-12-6-8/h3-6H,1-2H3. The van der Waals surface area contributed by atoms with E-state index < -0.39 is 0 Å². The molecule has 2 aromatic rings. The Morgan fingerprint density at radius 2 is 2.27 bits per heavy atom. The minimum Gasteiger partial charge on any atom is -0.468 e. The number of halogens is 1. The van der Waals surface area contributed by atoms with Crippen LogP contribution >= 0.6 is 15.9 Å². The van der Waals surface area contributed by atoms with Crippen LogP contribution in [-0.4, -0.2) is 21.6 Å². The largest absolute Gasteiger partial charge is 0.468 e. The Morgan fingerprint density at radius 3 is 2.87 bits per heavy atom. The zero-order chi connectivity index (χ0) is 10.8. The van der Waals surface area contributed by atoms with Crippen molar-refractivity contribution in [1.29, 1.82) is 0 Å². The van der Waals surface area contributed by atoms with E-state index in [-0.39, 0.29) is 0 Å². The molecule has 0 saturated heterocycles. The van der Waals surface area contributed by atoms with Gasteiger partial charge in [0.25, 0.3) is 0 Å². The molecule has 2 aromatic heterocycles. The first-order valence-electron chi connectivity index (χ1n) is 4.43. The molecule has 2 heterocycles. The maximum Gasteiger partial charge on any atom is 0.301 e. The molecule has 0 bridgehead atoms. The van der Waals surface area contributed by atoms with E-state index in [0.29, 0.717) is 6.01 Å². The minimum absolute atomic E-state index is 0.548. The number of imidazole rings is 1. The summed E-state index contributed by atoms with van der Waals surface area (Å²) in [6.45, 7) is 1.92. The highest BCUT2D eigenvalue weighted by atomic mass is 79.9. The third-order valence-corrected chi connectivity index (χ3v) is 2.96. The van der Waals surface area contributed by atoms with Gasteiger partial charge < -0.3 is 4.74 Å². The van der Waals surface area contributed by atoms with Crippen molar-refractivity contribution in [2.45, 2.75) is 6.92 Å². The molecule has 0 aromatic carbocycles. The Bertz CT molecular complexity index is 467. The summed E-state index contributed by atoms with van der Waals surface area (Å²) >= 11 is 3.47. The predicted octanol–water partition coefficient (Wildman–Crippen LogP) is 2.35. The third kappa shape index (κ3) is 1.74. The number of aryl methyl sites for hydroxylation is 1. The van der Waals surface area contributed by atoms with Gasteiger partial charge in [-0.2, -0.15) is 4.98 Å². The summed E-state index contributed by atoms with van der Waals surface area (Å²) in [5.41, 5.74) is 1.80. The van der Waals surface area contributed by atoms with Gasteiger partial charge in [-0.3, -0.25) is 9.55 Å². The van der Waals surface area contributed by atoms with E-state index in [0.717, 1.165) is 16.0 Å². The van der Waals surface area contributed by atoms with Gasteiger partial charge in [0.1, 0.15) is 4.60 Å². The van der Waals surface area contributed by atoms with Gasteiger partial charge >= 0.3 is 6.01 Å². The smallest absolute Gasteiger partial charge is 0.301 e. The van der Waals surface area contributed by atoms with Crippen LogP contribution < -0.4 is 4.74 Å². The van der Waals surface area contributed by atoms with E-state index >= 15 is 0 Å². The van der Waals surface area contributed by atoms with Gasteiger partial charge in [-0.25, -0.2) is 0 Å². The number of nitrogens with zero attached hydrogens (tertiary/aromatic N) is 3. The molecule has 78 valence electrons. The van der Waals surface area contributed by atoms with Crippen molar-refractivity contribution < 1.29 is 4.74 Å². The molecule has 0 unspecified atom stereocenters. The van der Waals surface area contributed by atoms with E-state index in [2.05, 4.69) is 25.9 Å². The topological polar surface area (TPSA) is 39.9 Å². The summed E-state index contributed by atoms with van der Waals surface area (Å²) in [7, 11) is 1.60. The highest BCUT2D eigenvalue weighted by Gasteiger charge is 2.13. The fourth-order valence-corrected chi connectivity index (χ4v) is 1.78. The van der Waals surface area contributed by atoms with E-state index in [1.54, 1.807) is 19.5 Å². The molecule has 0 spiro atoms. The number of pyridine rings is 1. The molecule has 0 radical (unpaired) electrons. The van der Waals surface area contributed by atoms with E-state index in [1.165, 1.54) is 0 Å². The normalized spacial score (nSPS) is 10.3. The van der Waals surface area contributed by atoms with Gasteiger partial charge in [-0.05, 0) is 35.0 Å². The van der Waals surface area contributed by atoms with Crippen LogP contribution in [-0.2, 0) is 0 Å². The molecule has 0 atom stereocenters. The van der Waals surface area contributed by atoms with Crippen molar-refractivity contribution in [2.75, 3.05) is 7.11 Å². The van der Waals surface area contributed by atoms with Crippen LogP contribution in [0.5, 0.6) is 6.01 Å². The highest BCUT2D eigenvalue weighted by molar-refractivity contribution is 9.10. The average molecular weight is 268 g/mol. The number of methoxy groups -OCH3 is 1. The molecule has 2 rings (SSSR count). The molecular weight excluding hydrogens is 258 g/mol. The Hall–Kier alpha value is -1.36. The highest BCUT2D eigenvalue weighted by Crippen LogP contribution is 2.26. The van der Waals surface area contributed by atoms with Gasteiger partial charge in [-0.1, -0.05) is 0 Å². The second-order valence-electron chi connectivity index (χ2n) is 3.02. The van der Waals surface area contributed by atoms with E-state index in [4.69, 9.17) is 4.74 Å². The number of hydrogen-bond acceptors (Lipinski definition) is 3. The van der Waals surface area contributed by atoms with E-state index in [9.17, 15) is 0 Å². The lowest BCUT2D eigenvalue weighted by molar-refractivity contribution is 0.373. The Balaban J connectivity index is 2.61. The van der Waals surface area contributed by atoms with Crippen molar-refractivity contribution in [3.63, 3.8) is 0 Å². The van der Waals surface area contributed by atoms with Gasteiger partial charge in [-0.15, -0.1) is 0 Å². The zero-order valence-corrected chi connectivity index (χ0v) is 10.0. The fraction of sp³-hybridized carbons (Fsp3) is 0.200. The molecule has 15 heavy (non-hydrogen) atoms. The molecule has 0 aliphatic carbocycles. The Kier molecular flexibility index (Phi) is 2.73. The molecular formula is C10H10BrN3O. The van der Waals surface area contributed by atoms with Crippen LogP contribution in [0.25, 0.3) is 5.69 Å².